The zero-order valence-electron chi connectivity index (χ0n) is 12.5. The number of amides is 1. The lowest BCUT2D eigenvalue weighted by molar-refractivity contribution is -0.113. The highest BCUT2D eigenvalue weighted by Gasteiger charge is 2.33. The second-order valence-corrected chi connectivity index (χ2v) is 6.56. The van der Waals surface area contributed by atoms with Gasteiger partial charge < -0.3 is 4.74 Å². The van der Waals surface area contributed by atoms with Crippen LogP contribution in [0.2, 0.25) is 0 Å². The zero-order chi connectivity index (χ0) is 17.3. The maximum Gasteiger partial charge on any atom is 0.270 e. The van der Waals surface area contributed by atoms with Crippen LogP contribution in [0, 0.1) is 11.6 Å². The van der Waals surface area contributed by atoms with E-state index in [4.69, 9.17) is 17.0 Å². The van der Waals surface area contributed by atoms with Crippen LogP contribution in [0.3, 0.4) is 0 Å². The van der Waals surface area contributed by atoms with Gasteiger partial charge in [-0.2, -0.15) is 0 Å². The van der Waals surface area contributed by atoms with Gasteiger partial charge in [0, 0.05) is 0 Å². The Labute approximate surface area is 146 Å². The Balaban J connectivity index is 1.90. The van der Waals surface area contributed by atoms with Crippen LogP contribution < -0.4 is 9.64 Å². The van der Waals surface area contributed by atoms with Crippen LogP contribution in [-0.4, -0.2) is 17.3 Å². The molecule has 1 saturated heterocycles. The second-order valence-electron chi connectivity index (χ2n) is 4.89. The largest absolute Gasteiger partial charge is 0.494 e. The summed E-state index contributed by atoms with van der Waals surface area (Å²) in [6.07, 6.45) is 1.56. The van der Waals surface area contributed by atoms with E-state index in [0.717, 1.165) is 11.8 Å². The molecule has 2 aromatic carbocycles. The lowest BCUT2D eigenvalue weighted by Crippen LogP contribution is -2.27. The summed E-state index contributed by atoms with van der Waals surface area (Å²) in [5.41, 5.74) is 1.01. The van der Waals surface area contributed by atoms with Crippen LogP contribution in [0.15, 0.2) is 47.4 Å². The van der Waals surface area contributed by atoms with E-state index in [1.807, 2.05) is 0 Å². The molecular weight excluding hydrogens is 352 g/mol. The van der Waals surface area contributed by atoms with Crippen molar-refractivity contribution in [2.24, 2.45) is 0 Å². The Morgan fingerprint density at radius 2 is 1.88 bits per heavy atom. The average Bonchev–Trinajstić information content (AvgIpc) is 2.83. The summed E-state index contributed by atoms with van der Waals surface area (Å²) in [5.74, 6) is -1.10. The summed E-state index contributed by atoms with van der Waals surface area (Å²) in [4.78, 5) is 14.2. The minimum Gasteiger partial charge on any atom is -0.494 e. The van der Waals surface area contributed by atoms with E-state index >= 15 is 0 Å². The predicted octanol–water partition coefficient (Wildman–Crippen LogP) is 4.38. The Kier molecular flexibility index (Phi) is 4.64. The van der Waals surface area contributed by atoms with E-state index in [1.165, 1.54) is 48.4 Å². The highest BCUT2D eigenvalue weighted by atomic mass is 32.2. The predicted molar refractivity (Wildman–Crippen MR) is 95.0 cm³/mol. The molecule has 0 unspecified atom stereocenters. The fourth-order valence-corrected chi connectivity index (χ4v) is 3.50. The van der Waals surface area contributed by atoms with E-state index in [1.54, 1.807) is 12.1 Å². The molecular formula is C17H11F2NO2S2. The van der Waals surface area contributed by atoms with Gasteiger partial charge in [-0.15, -0.1) is 0 Å². The van der Waals surface area contributed by atoms with Crippen LogP contribution in [0.5, 0.6) is 5.75 Å². The number of carbonyl (C=O) groups excluding carboxylic acids is 1. The number of hydrogen-bond acceptors (Lipinski definition) is 4. The second kappa shape index (κ2) is 6.70. The van der Waals surface area contributed by atoms with Crippen molar-refractivity contribution in [3.63, 3.8) is 0 Å². The van der Waals surface area contributed by atoms with Crippen LogP contribution >= 0.6 is 24.0 Å². The fraction of sp³-hybridized carbons (Fsp3) is 0.0588. The van der Waals surface area contributed by atoms with E-state index in [9.17, 15) is 13.6 Å². The normalized spacial score (nSPS) is 16.1. The maximum atomic E-state index is 13.8. The first-order chi connectivity index (χ1) is 11.5. The third-order valence-electron chi connectivity index (χ3n) is 3.35. The molecule has 7 heteroatoms. The van der Waals surface area contributed by atoms with Crippen molar-refractivity contribution >= 4 is 46.0 Å². The number of thiocarbonyl (C=S) groups is 1. The number of rotatable bonds is 3. The number of thioether (sulfide) groups is 1. The quantitative estimate of drug-likeness (QED) is 0.598. The lowest BCUT2D eigenvalue weighted by atomic mass is 10.2. The molecule has 1 aliphatic heterocycles. The van der Waals surface area contributed by atoms with E-state index in [0.29, 0.717) is 20.5 Å². The van der Waals surface area contributed by atoms with Gasteiger partial charge in [0.25, 0.3) is 5.91 Å². The Morgan fingerprint density at radius 3 is 2.50 bits per heavy atom. The molecule has 0 atom stereocenters. The molecule has 0 radical (unpaired) electrons. The summed E-state index contributed by atoms with van der Waals surface area (Å²) in [6, 6.07) is 9.90. The van der Waals surface area contributed by atoms with E-state index in [-0.39, 0.29) is 11.7 Å². The van der Waals surface area contributed by atoms with Crippen molar-refractivity contribution in [1.82, 2.24) is 0 Å². The van der Waals surface area contributed by atoms with Gasteiger partial charge in [-0.3, -0.25) is 9.69 Å². The minimum absolute atomic E-state index is 0.131. The number of hydrogen-bond donors (Lipinski definition) is 0. The first-order valence-corrected chi connectivity index (χ1v) is 8.09. The molecule has 0 aliphatic carbocycles. The number of methoxy groups -OCH3 is 1. The van der Waals surface area contributed by atoms with Crippen LogP contribution in [0.1, 0.15) is 5.56 Å². The number of anilines is 1. The molecule has 1 fully saturated rings. The van der Waals surface area contributed by atoms with Gasteiger partial charge >= 0.3 is 0 Å². The van der Waals surface area contributed by atoms with Gasteiger partial charge in [-0.25, -0.2) is 8.78 Å². The van der Waals surface area contributed by atoms with Gasteiger partial charge in [-0.05, 0) is 48.0 Å². The molecule has 24 heavy (non-hydrogen) atoms. The topological polar surface area (TPSA) is 29.5 Å². The van der Waals surface area contributed by atoms with Crippen molar-refractivity contribution in [2.75, 3.05) is 12.0 Å². The molecule has 3 rings (SSSR count). The van der Waals surface area contributed by atoms with Crippen LogP contribution in [-0.2, 0) is 4.79 Å². The van der Waals surface area contributed by atoms with Gasteiger partial charge in [0.1, 0.15) is 5.82 Å². The third kappa shape index (κ3) is 3.18. The summed E-state index contributed by atoms with van der Waals surface area (Å²) >= 11 is 6.34. The molecule has 122 valence electrons. The van der Waals surface area contributed by atoms with Crippen molar-refractivity contribution in [3.8, 4) is 5.75 Å². The van der Waals surface area contributed by atoms with Crippen molar-refractivity contribution < 1.29 is 18.3 Å². The highest BCUT2D eigenvalue weighted by molar-refractivity contribution is 8.27. The van der Waals surface area contributed by atoms with Crippen LogP contribution in [0.4, 0.5) is 14.5 Å². The molecule has 1 heterocycles. The minimum atomic E-state index is -0.514. The molecule has 1 aliphatic rings. The Morgan fingerprint density at radius 1 is 1.17 bits per heavy atom. The van der Waals surface area contributed by atoms with Crippen molar-refractivity contribution in [3.05, 3.63) is 64.6 Å². The molecule has 0 bridgehead atoms. The van der Waals surface area contributed by atoms with E-state index in [2.05, 4.69) is 0 Å². The van der Waals surface area contributed by atoms with Crippen LogP contribution in [0.25, 0.3) is 6.08 Å². The highest BCUT2D eigenvalue weighted by Crippen LogP contribution is 2.36. The van der Waals surface area contributed by atoms with Gasteiger partial charge in [0.15, 0.2) is 15.9 Å². The Bertz CT molecular complexity index is 850. The molecule has 0 N–H and O–H groups in total. The molecule has 0 aromatic heterocycles. The average molecular weight is 363 g/mol. The monoisotopic (exact) mass is 363 g/mol. The Hall–Kier alpha value is -2.25. The smallest absolute Gasteiger partial charge is 0.270 e. The first kappa shape index (κ1) is 16.6. The third-order valence-corrected chi connectivity index (χ3v) is 4.65. The number of benzene rings is 2. The molecule has 0 spiro atoms. The lowest BCUT2D eigenvalue weighted by Gasteiger charge is -2.14. The van der Waals surface area contributed by atoms with Gasteiger partial charge in [0.05, 0.1) is 17.7 Å². The summed E-state index contributed by atoms with van der Waals surface area (Å²) in [6.45, 7) is 0. The van der Waals surface area contributed by atoms with E-state index < -0.39 is 11.6 Å². The molecule has 1 amide bonds. The van der Waals surface area contributed by atoms with Crippen molar-refractivity contribution in [2.45, 2.75) is 0 Å². The number of carbonyl (C=O) groups is 1. The van der Waals surface area contributed by atoms with Crippen molar-refractivity contribution in [1.29, 1.82) is 0 Å². The SMILES string of the molecule is COc1ccc(/C=C2/SC(=S)N(c3ccc(F)cc3)C2=O)cc1F. The first-order valence-electron chi connectivity index (χ1n) is 6.86. The standard InChI is InChI=1S/C17H11F2NO2S2/c1-22-14-7-2-10(8-13(14)19)9-15-16(21)20(17(23)24-15)12-5-3-11(18)4-6-12/h2-9H,1H3/b15-9+. The summed E-state index contributed by atoms with van der Waals surface area (Å²) in [7, 11) is 1.38. The zero-order valence-corrected chi connectivity index (χ0v) is 14.1. The number of nitrogens with zero attached hydrogens (tertiary/aromatic N) is 1. The molecule has 3 nitrogen and oxygen atoms in total. The fourth-order valence-electron chi connectivity index (χ4n) is 2.20. The van der Waals surface area contributed by atoms with Gasteiger partial charge in [0.2, 0.25) is 0 Å². The maximum absolute atomic E-state index is 13.8. The molecule has 0 saturated carbocycles. The number of halogens is 2. The summed E-state index contributed by atoms with van der Waals surface area (Å²) < 4.78 is 32.0. The summed E-state index contributed by atoms with van der Waals surface area (Å²) in [5, 5.41) is 0. The van der Waals surface area contributed by atoms with Gasteiger partial charge in [-0.1, -0.05) is 30.0 Å². The number of ether oxygens (including phenoxy) is 1. The molecule has 2 aromatic rings.